The molecular weight excluding hydrogens is 348 g/mol. The van der Waals surface area contributed by atoms with Crippen LogP contribution in [-0.2, 0) is 10.3 Å². The first-order valence-corrected chi connectivity index (χ1v) is 9.11. The molecule has 28 heavy (non-hydrogen) atoms. The number of benzene rings is 3. The van der Waals surface area contributed by atoms with Crippen LogP contribution in [0.15, 0.2) is 103 Å². The Morgan fingerprint density at radius 3 is 1.61 bits per heavy atom. The summed E-state index contributed by atoms with van der Waals surface area (Å²) in [6.45, 7) is 1.38. The second kappa shape index (κ2) is 7.53. The first-order valence-electron chi connectivity index (χ1n) is 9.11. The molecule has 0 atom stereocenters. The predicted molar refractivity (Wildman–Crippen MR) is 108 cm³/mol. The fourth-order valence-corrected chi connectivity index (χ4v) is 3.70. The van der Waals surface area contributed by atoms with Crippen LogP contribution in [0.4, 0.5) is 0 Å². The molecule has 138 valence electrons. The Hall–Kier alpha value is -3.66. The topological polar surface area (TPSA) is 44.1 Å². The lowest BCUT2D eigenvalue weighted by Crippen LogP contribution is -2.37. The van der Waals surface area contributed by atoms with Crippen LogP contribution in [-0.4, -0.2) is 15.5 Å². The third-order valence-corrected chi connectivity index (χ3v) is 4.78. The predicted octanol–water partition coefficient (Wildman–Crippen LogP) is 4.65. The maximum absolute atomic E-state index is 11.7. The van der Waals surface area contributed by atoms with E-state index < -0.39 is 11.5 Å². The average Bonchev–Trinajstić information content (AvgIpc) is 3.19. The number of hydrogen-bond acceptors (Lipinski definition) is 3. The van der Waals surface area contributed by atoms with Gasteiger partial charge in [-0.05, 0) is 16.7 Å². The van der Waals surface area contributed by atoms with Gasteiger partial charge >= 0.3 is 12.0 Å². The molecular formula is C24H20N2O2. The van der Waals surface area contributed by atoms with Gasteiger partial charge < -0.3 is 4.74 Å². The van der Waals surface area contributed by atoms with Crippen LogP contribution in [0.2, 0.25) is 0 Å². The molecule has 4 rings (SSSR count). The molecule has 4 aromatic rings. The zero-order valence-electron chi connectivity index (χ0n) is 15.5. The summed E-state index contributed by atoms with van der Waals surface area (Å²) in [7, 11) is 0. The van der Waals surface area contributed by atoms with Crippen LogP contribution in [0.1, 0.15) is 23.6 Å². The number of carbonyl (C=O) groups is 1. The SMILES string of the molecule is CC(=O)Oc1nccn1C(c1ccccc1)(c1ccccc1)c1ccccc1. The highest BCUT2D eigenvalue weighted by atomic mass is 16.5. The van der Waals surface area contributed by atoms with Crippen LogP contribution in [0.3, 0.4) is 0 Å². The van der Waals surface area contributed by atoms with Crippen molar-refractivity contribution in [2.24, 2.45) is 0 Å². The van der Waals surface area contributed by atoms with Crippen molar-refractivity contribution in [2.75, 3.05) is 0 Å². The van der Waals surface area contributed by atoms with Gasteiger partial charge in [0.15, 0.2) is 0 Å². The molecule has 0 saturated heterocycles. The van der Waals surface area contributed by atoms with Gasteiger partial charge in [0.25, 0.3) is 0 Å². The minimum absolute atomic E-state index is 0.254. The fourth-order valence-electron chi connectivity index (χ4n) is 3.70. The lowest BCUT2D eigenvalue weighted by atomic mass is 9.76. The standard InChI is InChI=1S/C24H20N2O2/c1-19(27)28-23-25-17-18-26(23)24(20-11-5-2-6-12-20,21-13-7-3-8-14-21)22-15-9-4-10-16-22/h2-18H,1H3. The number of nitrogens with zero attached hydrogens (tertiary/aromatic N) is 2. The van der Waals surface area contributed by atoms with E-state index in [1.54, 1.807) is 6.20 Å². The van der Waals surface area contributed by atoms with Gasteiger partial charge in [-0.1, -0.05) is 91.0 Å². The fraction of sp³-hybridized carbons (Fsp3) is 0.0833. The Morgan fingerprint density at radius 1 is 0.786 bits per heavy atom. The minimum Gasteiger partial charge on any atom is -0.392 e. The van der Waals surface area contributed by atoms with Crippen LogP contribution in [0.5, 0.6) is 6.01 Å². The summed E-state index contributed by atoms with van der Waals surface area (Å²) in [5.41, 5.74) is 2.38. The van der Waals surface area contributed by atoms with Gasteiger partial charge in [-0.25, -0.2) is 4.98 Å². The third-order valence-electron chi connectivity index (χ3n) is 4.78. The van der Waals surface area contributed by atoms with E-state index in [2.05, 4.69) is 41.4 Å². The van der Waals surface area contributed by atoms with Crippen molar-refractivity contribution in [1.29, 1.82) is 0 Å². The summed E-state index contributed by atoms with van der Waals surface area (Å²) in [4.78, 5) is 16.0. The second-order valence-corrected chi connectivity index (χ2v) is 6.48. The van der Waals surface area contributed by atoms with Crippen LogP contribution in [0, 0.1) is 0 Å². The van der Waals surface area contributed by atoms with E-state index in [0.717, 1.165) is 16.7 Å². The number of hydrogen-bond donors (Lipinski definition) is 0. The third kappa shape index (κ3) is 2.99. The maximum Gasteiger partial charge on any atom is 0.310 e. The summed E-state index contributed by atoms with van der Waals surface area (Å²) in [6.07, 6.45) is 3.51. The minimum atomic E-state index is -0.745. The number of ether oxygens (including phenoxy) is 1. The summed E-state index contributed by atoms with van der Waals surface area (Å²) >= 11 is 0. The van der Waals surface area contributed by atoms with Gasteiger partial charge in [-0.2, -0.15) is 0 Å². The monoisotopic (exact) mass is 368 g/mol. The van der Waals surface area contributed by atoms with Gasteiger partial charge in [0.05, 0.1) is 0 Å². The molecule has 0 aliphatic carbocycles. The molecule has 0 spiro atoms. The number of aromatic nitrogens is 2. The Kier molecular flexibility index (Phi) is 4.77. The molecule has 0 bridgehead atoms. The van der Waals surface area contributed by atoms with E-state index in [0.29, 0.717) is 0 Å². The highest BCUT2D eigenvalue weighted by molar-refractivity contribution is 5.68. The lowest BCUT2D eigenvalue weighted by molar-refractivity contribution is -0.132. The first kappa shape index (κ1) is 17.7. The van der Waals surface area contributed by atoms with E-state index in [-0.39, 0.29) is 6.01 Å². The molecule has 0 N–H and O–H groups in total. The number of rotatable bonds is 5. The zero-order valence-corrected chi connectivity index (χ0v) is 15.5. The molecule has 0 amide bonds. The van der Waals surface area contributed by atoms with Gasteiger partial charge in [0.2, 0.25) is 0 Å². The van der Waals surface area contributed by atoms with E-state index in [1.807, 2.05) is 65.4 Å². The lowest BCUT2D eigenvalue weighted by Gasteiger charge is -2.37. The Labute approximate surface area is 164 Å². The first-order chi connectivity index (χ1) is 13.7. The van der Waals surface area contributed by atoms with Crippen LogP contribution < -0.4 is 4.74 Å². The number of imidazole rings is 1. The summed E-state index contributed by atoms with van der Waals surface area (Å²) < 4.78 is 7.39. The van der Waals surface area contributed by atoms with Gasteiger partial charge in [-0.3, -0.25) is 9.36 Å². The number of esters is 1. The normalized spacial score (nSPS) is 11.2. The Bertz CT molecular complexity index is 961. The van der Waals surface area contributed by atoms with Crippen molar-refractivity contribution in [2.45, 2.75) is 12.5 Å². The molecule has 4 nitrogen and oxygen atoms in total. The zero-order chi connectivity index (χ0) is 19.4. The average molecular weight is 368 g/mol. The molecule has 3 aromatic carbocycles. The van der Waals surface area contributed by atoms with Crippen LogP contribution in [0.25, 0.3) is 0 Å². The van der Waals surface area contributed by atoms with E-state index in [1.165, 1.54) is 6.92 Å². The molecule has 0 radical (unpaired) electrons. The molecule has 0 fully saturated rings. The highest BCUT2D eigenvalue weighted by Crippen LogP contribution is 2.42. The largest absolute Gasteiger partial charge is 0.392 e. The molecule has 4 heteroatoms. The smallest absolute Gasteiger partial charge is 0.310 e. The highest BCUT2D eigenvalue weighted by Gasteiger charge is 2.40. The number of carbonyl (C=O) groups excluding carboxylic acids is 1. The van der Waals surface area contributed by atoms with E-state index in [4.69, 9.17) is 4.74 Å². The Morgan fingerprint density at radius 2 is 1.21 bits per heavy atom. The molecule has 1 heterocycles. The van der Waals surface area contributed by atoms with Crippen molar-refractivity contribution in [3.8, 4) is 6.01 Å². The van der Waals surface area contributed by atoms with Crippen molar-refractivity contribution >= 4 is 5.97 Å². The maximum atomic E-state index is 11.7. The van der Waals surface area contributed by atoms with E-state index >= 15 is 0 Å². The van der Waals surface area contributed by atoms with Crippen molar-refractivity contribution < 1.29 is 9.53 Å². The Balaban J connectivity index is 2.11. The summed E-state index contributed by atoms with van der Waals surface area (Å²) in [5, 5.41) is 0. The van der Waals surface area contributed by atoms with Crippen molar-refractivity contribution in [1.82, 2.24) is 9.55 Å². The van der Waals surface area contributed by atoms with Crippen LogP contribution >= 0.6 is 0 Å². The van der Waals surface area contributed by atoms with E-state index in [9.17, 15) is 4.79 Å². The quantitative estimate of drug-likeness (QED) is 0.380. The van der Waals surface area contributed by atoms with Crippen molar-refractivity contribution in [3.05, 3.63) is 120 Å². The molecule has 1 aromatic heterocycles. The molecule has 0 aliphatic heterocycles. The summed E-state index contributed by atoms with van der Waals surface area (Å²) in [5.74, 6) is -0.407. The molecule has 0 unspecified atom stereocenters. The molecule has 0 saturated carbocycles. The second-order valence-electron chi connectivity index (χ2n) is 6.48. The van der Waals surface area contributed by atoms with Gasteiger partial charge in [0, 0.05) is 19.3 Å². The van der Waals surface area contributed by atoms with Crippen molar-refractivity contribution in [3.63, 3.8) is 0 Å². The summed E-state index contributed by atoms with van der Waals surface area (Å²) in [6, 6.07) is 30.8. The van der Waals surface area contributed by atoms with Gasteiger partial charge in [-0.15, -0.1) is 0 Å². The van der Waals surface area contributed by atoms with Gasteiger partial charge in [0.1, 0.15) is 5.54 Å². The molecule has 0 aliphatic rings.